The highest BCUT2D eigenvalue weighted by molar-refractivity contribution is 7.99. The summed E-state index contributed by atoms with van der Waals surface area (Å²) in [6.07, 6.45) is 0. The zero-order valence-corrected chi connectivity index (χ0v) is 11.2. The van der Waals surface area contributed by atoms with Crippen LogP contribution >= 0.6 is 11.8 Å². The van der Waals surface area contributed by atoms with Crippen LogP contribution in [-0.4, -0.2) is 12.3 Å². The second-order valence-corrected chi connectivity index (χ2v) is 5.18. The van der Waals surface area contributed by atoms with Gasteiger partial charge in [0.05, 0.1) is 6.04 Å². The third-order valence-electron chi connectivity index (χ3n) is 2.43. The van der Waals surface area contributed by atoms with E-state index in [0.717, 1.165) is 17.9 Å². The molecule has 16 heavy (non-hydrogen) atoms. The third-order valence-corrected chi connectivity index (χ3v) is 3.32. The molecule has 0 spiro atoms. The molecule has 1 unspecified atom stereocenters. The number of nitrogens with one attached hydrogen (secondary N) is 1. The van der Waals surface area contributed by atoms with Crippen LogP contribution in [-0.2, 0) is 0 Å². The minimum atomic E-state index is 0.283. The zero-order valence-electron chi connectivity index (χ0n) is 10.4. The fourth-order valence-corrected chi connectivity index (χ4v) is 2.37. The molecule has 0 aliphatic heterocycles. The van der Waals surface area contributed by atoms with Gasteiger partial charge < -0.3 is 5.32 Å². The van der Waals surface area contributed by atoms with E-state index in [1.807, 2.05) is 11.8 Å². The lowest BCUT2D eigenvalue weighted by Crippen LogP contribution is -2.21. The molecule has 1 rings (SSSR count). The number of hydrogen-bond donors (Lipinski definition) is 1. The highest BCUT2D eigenvalue weighted by Crippen LogP contribution is 2.23. The summed E-state index contributed by atoms with van der Waals surface area (Å²) in [6.45, 7) is 11.4. The van der Waals surface area contributed by atoms with Gasteiger partial charge in [0.25, 0.3) is 0 Å². The molecule has 1 nitrogen and oxygen atoms in total. The van der Waals surface area contributed by atoms with Crippen LogP contribution in [0.1, 0.15) is 32.4 Å². The van der Waals surface area contributed by atoms with Gasteiger partial charge in [-0.15, -0.1) is 11.8 Å². The van der Waals surface area contributed by atoms with E-state index < -0.39 is 0 Å². The Morgan fingerprint density at radius 1 is 1.31 bits per heavy atom. The highest BCUT2D eigenvalue weighted by atomic mass is 32.2. The summed E-state index contributed by atoms with van der Waals surface area (Å²) >= 11 is 1.87. The van der Waals surface area contributed by atoms with Gasteiger partial charge >= 0.3 is 0 Å². The standard InChI is InChI=1S/C14H21NS/c1-5-15-14(11(3)4)12-7-9-13(10-8-12)16-6-2/h7-10,14-15H,3,5-6H2,1-2,4H3. The van der Waals surface area contributed by atoms with Crippen LogP contribution < -0.4 is 5.32 Å². The normalized spacial score (nSPS) is 12.4. The van der Waals surface area contributed by atoms with Gasteiger partial charge in [0.1, 0.15) is 0 Å². The molecule has 1 aromatic carbocycles. The lowest BCUT2D eigenvalue weighted by atomic mass is 10.0. The molecule has 2 heteroatoms. The van der Waals surface area contributed by atoms with E-state index in [-0.39, 0.29) is 6.04 Å². The second kappa shape index (κ2) is 6.77. The Kier molecular flexibility index (Phi) is 5.64. The molecule has 0 aromatic heterocycles. The molecular weight excluding hydrogens is 214 g/mol. The van der Waals surface area contributed by atoms with Crippen LogP contribution in [0.2, 0.25) is 0 Å². The summed E-state index contributed by atoms with van der Waals surface area (Å²) in [5.41, 5.74) is 2.47. The van der Waals surface area contributed by atoms with Gasteiger partial charge in [0.15, 0.2) is 0 Å². The average molecular weight is 235 g/mol. The highest BCUT2D eigenvalue weighted by Gasteiger charge is 2.10. The molecule has 0 radical (unpaired) electrons. The van der Waals surface area contributed by atoms with Gasteiger partial charge in [-0.3, -0.25) is 0 Å². The van der Waals surface area contributed by atoms with Crippen molar-refractivity contribution in [1.82, 2.24) is 5.32 Å². The number of benzene rings is 1. The molecular formula is C14H21NS. The Hall–Kier alpha value is -0.730. The van der Waals surface area contributed by atoms with E-state index in [1.165, 1.54) is 10.5 Å². The number of hydrogen-bond acceptors (Lipinski definition) is 2. The first-order valence-electron chi connectivity index (χ1n) is 5.80. The molecule has 1 N–H and O–H groups in total. The van der Waals surface area contributed by atoms with Crippen molar-refractivity contribution < 1.29 is 0 Å². The van der Waals surface area contributed by atoms with Gasteiger partial charge in [-0.05, 0) is 36.9 Å². The molecule has 1 atom stereocenters. The van der Waals surface area contributed by atoms with Crippen molar-refractivity contribution in [1.29, 1.82) is 0 Å². The first-order valence-corrected chi connectivity index (χ1v) is 6.79. The van der Waals surface area contributed by atoms with Gasteiger partial charge in [-0.2, -0.15) is 0 Å². The van der Waals surface area contributed by atoms with Gasteiger partial charge in [0.2, 0.25) is 0 Å². The summed E-state index contributed by atoms with van der Waals surface area (Å²) in [5, 5.41) is 3.44. The molecule has 0 aliphatic rings. The topological polar surface area (TPSA) is 12.0 Å². The quantitative estimate of drug-likeness (QED) is 0.590. The average Bonchev–Trinajstić information content (AvgIpc) is 2.27. The first-order chi connectivity index (χ1) is 7.69. The molecule has 0 saturated carbocycles. The maximum atomic E-state index is 4.04. The van der Waals surface area contributed by atoms with Crippen LogP contribution in [0.25, 0.3) is 0 Å². The van der Waals surface area contributed by atoms with E-state index in [4.69, 9.17) is 0 Å². The molecule has 1 aromatic rings. The molecule has 0 bridgehead atoms. The van der Waals surface area contributed by atoms with Crippen molar-refractivity contribution in [2.45, 2.75) is 31.7 Å². The van der Waals surface area contributed by atoms with Crippen molar-refractivity contribution in [2.24, 2.45) is 0 Å². The van der Waals surface area contributed by atoms with E-state index >= 15 is 0 Å². The minimum absolute atomic E-state index is 0.283. The van der Waals surface area contributed by atoms with Crippen LogP contribution in [0.5, 0.6) is 0 Å². The van der Waals surface area contributed by atoms with Crippen LogP contribution in [0, 0.1) is 0 Å². The maximum Gasteiger partial charge on any atom is 0.0530 e. The summed E-state index contributed by atoms with van der Waals surface area (Å²) in [6, 6.07) is 9.05. The molecule has 88 valence electrons. The summed E-state index contributed by atoms with van der Waals surface area (Å²) in [4.78, 5) is 1.34. The van der Waals surface area contributed by atoms with Crippen LogP contribution in [0.4, 0.5) is 0 Å². The Labute approximate surface area is 103 Å². The zero-order chi connectivity index (χ0) is 12.0. The molecule has 0 aliphatic carbocycles. The third kappa shape index (κ3) is 3.69. The van der Waals surface area contributed by atoms with Gasteiger partial charge in [0, 0.05) is 4.90 Å². The van der Waals surface area contributed by atoms with Gasteiger partial charge in [-0.1, -0.05) is 38.1 Å². The summed E-state index contributed by atoms with van der Waals surface area (Å²) in [5.74, 6) is 1.12. The van der Waals surface area contributed by atoms with Gasteiger partial charge in [-0.25, -0.2) is 0 Å². The maximum absolute atomic E-state index is 4.04. The number of likely N-dealkylation sites (N-methyl/N-ethyl adjacent to an activating group) is 1. The Bertz CT molecular complexity index is 329. The van der Waals surface area contributed by atoms with E-state index in [1.54, 1.807) is 0 Å². The number of rotatable bonds is 6. The fraction of sp³-hybridized carbons (Fsp3) is 0.429. The fourth-order valence-electron chi connectivity index (χ4n) is 1.70. The first kappa shape index (κ1) is 13.3. The lowest BCUT2D eigenvalue weighted by Gasteiger charge is -2.18. The van der Waals surface area contributed by atoms with Crippen molar-refractivity contribution in [3.63, 3.8) is 0 Å². The largest absolute Gasteiger partial charge is 0.307 e. The molecule has 0 amide bonds. The predicted molar refractivity (Wildman–Crippen MR) is 74.1 cm³/mol. The lowest BCUT2D eigenvalue weighted by molar-refractivity contribution is 0.621. The Morgan fingerprint density at radius 2 is 1.94 bits per heavy atom. The SMILES string of the molecule is C=C(C)C(NCC)c1ccc(SCC)cc1. The summed E-state index contributed by atoms with van der Waals surface area (Å²) in [7, 11) is 0. The van der Waals surface area contributed by atoms with E-state index in [0.29, 0.717) is 0 Å². The van der Waals surface area contributed by atoms with Crippen LogP contribution in [0.3, 0.4) is 0 Å². The summed E-state index contributed by atoms with van der Waals surface area (Å²) < 4.78 is 0. The monoisotopic (exact) mass is 235 g/mol. The van der Waals surface area contributed by atoms with Crippen molar-refractivity contribution in [2.75, 3.05) is 12.3 Å². The smallest absolute Gasteiger partial charge is 0.0530 e. The van der Waals surface area contributed by atoms with Crippen LogP contribution in [0.15, 0.2) is 41.3 Å². The van der Waals surface area contributed by atoms with Crippen molar-refractivity contribution in [3.8, 4) is 0 Å². The van der Waals surface area contributed by atoms with E-state index in [2.05, 4.69) is 56.9 Å². The predicted octanol–water partition coefficient (Wildman–Crippen LogP) is 4.03. The minimum Gasteiger partial charge on any atom is -0.307 e. The second-order valence-electron chi connectivity index (χ2n) is 3.84. The van der Waals surface area contributed by atoms with E-state index in [9.17, 15) is 0 Å². The number of thioether (sulfide) groups is 1. The van der Waals surface area contributed by atoms with Crippen molar-refractivity contribution >= 4 is 11.8 Å². The Morgan fingerprint density at radius 3 is 2.38 bits per heavy atom. The molecule has 0 fully saturated rings. The molecule has 0 saturated heterocycles. The van der Waals surface area contributed by atoms with Crippen molar-refractivity contribution in [3.05, 3.63) is 42.0 Å². The Balaban J connectivity index is 2.81. The molecule has 0 heterocycles.